The molecule has 1 fully saturated rings. The van der Waals surface area contributed by atoms with Crippen molar-refractivity contribution in [2.24, 2.45) is 0 Å². The Labute approximate surface area is 178 Å². The van der Waals surface area contributed by atoms with Crippen LogP contribution < -0.4 is 4.90 Å². The number of ether oxygens (including phenoxy) is 2. The van der Waals surface area contributed by atoms with Gasteiger partial charge < -0.3 is 14.4 Å². The van der Waals surface area contributed by atoms with Crippen LogP contribution in [0.25, 0.3) is 0 Å². The maximum atomic E-state index is 13.0. The molecule has 6 heteroatoms. The van der Waals surface area contributed by atoms with Crippen molar-refractivity contribution in [2.75, 3.05) is 38.3 Å². The predicted molar refractivity (Wildman–Crippen MR) is 117 cm³/mol. The van der Waals surface area contributed by atoms with E-state index in [4.69, 9.17) is 9.47 Å². The number of carbonyl (C=O) groups is 2. The van der Waals surface area contributed by atoms with Gasteiger partial charge >= 0.3 is 12.1 Å². The van der Waals surface area contributed by atoms with Gasteiger partial charge in [-0.3, -0.25) is 4.90 Å². The highest BCUT2D eigenvalue weighted by Crippen LogP contribution is 2.35. The number of amides is 1. The van der Waals surface area contributed by atoms with Crippen LogP contribution in [0.5, 0.6) is 0 Å². The summed E-state index contributed by atoms with van der Waals surface area (Å²) in [5.41, 5.74) is 0.852. The summed E-state index contributed by atoms with van der Waals surface area (Å²) in [7, 11) is 1.38. The van der Waals surface area contributed by atoms with Gasteiger partial charge in [-0.15, -0.1) is 0 Å². The van der Waals surface area contributed by atoms with Crippen LogP contribution in [0.2, 0.25) is 0 Å². The lowest BCUT2D eigenvalue weighted by Crippen LogP contribution is -2.63. The van der Waals surface area contributed by atoms with Crippen LogP contribution in [-0.2, 0) is 20.7 Å². The second-order valence-corrected chi connectivity index (χ2v) is 7.47. The van der Waals surface area contributed by atoms with E-state index in [1.165, 1.54) is 17.6 Å². The summed E-state index contributed by atoms with van der Waals surface area (Å²) in [6.45, 7) is 4.31. The molecule has 3 rings (SSSR count). The summed E-state index contributed by atoms with van der Waals surface area (Å²) in [6, 6.07) is 19.6. The average Bonchev–Trinajstić information content (AvgIpc) is 2.79. The number of hydrogen-bond acceptors (Lipinski definition) is 5. The zero-order valence-corrected chi connectivity index (χ0v) is 17.8. The number of hydrogen-bond donors (Lipinski definition) is 0. The van der Waals surface area contributed by atoms with E-state index >= 15 is 0 Å². The molecular formula is C24H30N2O4. The lowest BCUT2D eigenvalue weighted by Gasteiger charge is -2.45. The molecule has 0 N–H and O–H groups in total. The van der Waals surface area contributed by atoms with Gasteiger partial charge in [-0.2, -0.15) is 0 Å². The molecule has 30 heavy (non-hydrogen) atoms. The first-order chi connectivity index (χ1) is 14.6. The van der Waals surface area contributed by atoms with Gasteiger partial charge in [0, 0.05) is 25.3 Å². The lowest BCUT2D eigenvalue weighted by atomic mass is 9.85. The fraction of sp³-hybridized carbons (Fsp3) is 0.417. The van der Waals surface area contributed by atoms with Crippen LogP contribution in [0.4, 0.5) is 10.5 Å². The van der Waals surface area contributed by atoms with Crippen molar-refractivity contribution in [3.8, 4) is 0 Å². The summed E-state index contributed by atoms with van der Waals surface area (Å²) >= 11 is 0. The third-order valence-electron chi connectivity index (χ3n) is 5.70. The van der Waals surface area contributed by atoms with Crippen LogP contribution in [0.15, 0.2) is 60.7 Å². The Hall–Kier alpha value is -2.86. The van der Waals surface area contributed by atoms with Crippen molar-refractivity contribution in [2.45, 2.75) is 31.7 Å². The summed E-state index contributed by atoms with van der Waals surface area (Å²) < 4.78 is 10.5. The van der Waals surface area contributed by atoms with E-state index in [1.54, 1.807) is 6.92 Å². The van der Waals surface area contributed by atoms with Gasteiger partial charge in [-0.25, -0.2) is 9.59 Å². The lowest BCUT2D eigenvalue weighted by molar-refractivity contribution is -0.149. The number of rotatable bonds is 7. The van der Waals surface area contributed by atoms with Crippen LogP contribution in [0.1, 0.15) is 25.3 Å². The highest BCUT2D eigenvalue weighted by atomic mass is 16.6. The van der Waals surface area contributed by atoms with Gasteiger partial charge in [0.1, 0.15) is 0 Å². The number of benzene rings is 2. The SMILES string of the molecule is CCOC(=O)N(c1ccccc1)C1(C(=O)OC)CCN(CCc2ccccc2)CC1. The van der Waals surface area contributed by atoms with Crippen molar-refractivity contribution in [3.05, 3.63) is 66.2 Å². The van der Waals surface area contributed by atoms with Crippen molar-refractivity contribution in [1.82, 2.24) is 4.90 Å². The van der Waals surface area contributed by atoms with Crippen molar-refractivity contribution in [3.63, 3.8) is 0 Å². The maximum absolute atomic E-state index is 13.0. The maximum Gasteiger partial charge on any atom is 0.415 e. The topological polar surface area (TPSA) is 59.1 Å². The fourth-order valence-electron chi connectivity index (χ4n) is 4.08. The molecule has 1 saturated heterocycles. The zero-order chi connectivity index (χ0) is 21.4. The minimum Gasteiger partial charge on any atom is -0.467 e. The van der Waals surface area contributed by atoms with Crippen LogP contribution in [0, 0.1) is 0 Å². The van der Waals surface area contributed by atoms with Crippen molar-refractivity contribution in [1.29, 1.82) is 0 Å². The molecule has 0 spiro atoms. The molecule has 2 aromatic rings. The zero-order valence-electron chi connectivity index (χ0n) is 17.8. The number of esters is 1. The summed E-state index contributed by atoms with van der Waals surface area (Å²) in [6.07, 6.45) is 1.41. The molecule has 2 aromatic carbocycles. The first-order valence-corrected chi connectivity index (χ1v) is 10.5. The van der Waals surface area contributed by atoms with Gasteiger partial charge in [0.25, 0.3) is 0 Å². The smallest absolute Gasteiger partial charge is 0.415 e. The Balaban J connectivity index is 1.80. The first kappa shape index (κ1) is 21.8. The van der Waals surface area contributed by atoms with Crippen LogP contribution in [0.3, 0.4) is 0 Å². The molecule has 0 atom stereocenters. The molecule has 160 valence electrons. The third kappa shape index (κ3) is 4.82. The highest BCUT2D eigenvalue weighted by molar-refractivity contribution is 5.99. The number of para-hydroxylation sites is 1. The molecule has 0 radical (unpaired) electrons. The molecule has 0 aromatic heterocycles. The van der Waals surface area contributed by atoms with E-state index < -0.39 is 17.6 Å². The molecular weight excluding hydrogens is 380 g/mol. The third-order valence-corrected chi connectivity index (χ3v) is 5.70. The van der Waals surface area contributed by atoms with Crippen LogP contribution >= 0.6 is 0 Å². The van der Waals surface area contributed by atoms with E-state index in [-0.39, 0.29) is 6.61 Å². The number of likely N-dealkylation sites (tertiary alicyclic amines) is 1. The molecule has 1 heterocycles. The summed E-state index contributed by atoms with van der Waals surface area (Å²) in [5.74, 6) is -0.401. The first-order valence-electron chi connectivity index (χ1n) is 10.5. The number of carbonyl (C=O) groups excluding carboxylic acids is 2. The molecule has 0 saturated carbocycles. The normalized spacial score (nSPS) is 15.9. The minimum atomic E-state index is -1.08. The Morgan fingerprint density at radius 1 is 1.00 bits per heavy atom. The van der Waals surface area contributed by atoms with Gasteiger partial charge in [0.2, 0.25) is 0 Å². The predicted octanol–water partition coefficient (Wildman–Crippen LogP) is 3.90. The van der Waals surface area contributed by atoms with E-state index in [9.17, 15) is 9.59 Å². The molecule has 1 aliphatic heterocycles. The van der Waals surface area contributed by atoms with Gasteiger partial charge in [-0.1, -0.05) is 48.5 Å². The van der Waals surface area contributed by atoms with Gasteiger partial charge in [0.15, 0.2) is 5.54 Å². The quantitative estimate of drug-likeness (QED) is 0.648. The average molecular weight is 411 g/mol. The molecule has 0 bridgehead atoms. The Morgan fingerprint density at radius 3 is 2.17 bits per heavy atom. The standard InChI is InChI=1S/C24H30N2O4/c1-3-30-23(28)26(21-12-8-5-9-13-21)24(22(27)29-2)15-18-25(19-16-24)17-14-20-10-6-4-7-11-20/h4-13H,3,14-19H2,1-2H3. The van der Waals surface area contributed by atoms with E-state index in [0.29, 0.717) is 31.6 Å². The number of nitrogens with zero attached hydrogens (tertiary/aromatic N) is 2. The second-order valence-electron chi connectivity index (χ2n) is 7.47. The number of anilines is 1. The Kier molecular flexibility index (Phi) is 7.46. The largest absolute Gasteiger partial charge is 0.467 e. The molecule has 6 nitrogen and oxygen atoms in total. The van der Waals surface area contributed by atoms with Gasteiger partial charge in [0.05, 0.1) is 13.7 Å². The van der Waals surface area contributed by atoms with E-state index in [2.05, 4.69) is 17.0 Å². The fourth-order valence-corrected chi connectivity index (χ4v) is 4.08. The Morgan fingerprint density at radius 2 is 1.60 bits per heavy atom. The van der Waals surface area contributed by atoms with Crippen molar-refractivity contribution < 1.29 is 19.1 Å². The summed E-state index contributed by atoms with van der Waals surface area (Å²) in [4.78, 5) is 29.8. The number of methoxy groups -OCH3 is 1. The molecule has 1 amide bonds. The monoisotopic (exact) mass is 410 g/mol. The minimum absolute atomic E-state index is 0.239. The highest BCUT2D eigenvalue weighted by Gasteiger charge is 2.50. The van der Waals surface area contributed by atoms with Crippen LogP contribution in [-0.4, -0.2) is 55.9 Å². The van der Waals surface area contributed by atoms with Crippen molar-refractivity contribution >= 4 is 17.7 Å². The van der Waals surface area contributed by atoms with Gasteiger partial charge in [-0.05, 0) is 43.9 Å². The van der Waals surface area contributed by atoms with E-state index in [0.717, 1.165) is 13.0 Å². The van der Waals surface area contributed by atoms with E-state index in [1.807, 2.05) is 48.5 Å². The Bertz CT molecular complexity index is 818. The summed E-state index contributed by atoms with van der Waals surface area (Å²) in [5, 5.41) is 0. The molecule has 0 unspecified atom stereocenters. The number of piperidine rings is 1. The molecule has 0 aliphatic carbocycles. The second kappa shape index (κ2) is 10.3. The molecule has 1 aliphatic rings.